The van der Waals surface area contributed by atoms with Crippen LogP contribution in [0.4, 0.5) is 0 Å². The minimum absolute atomic E-state index is 0.0423. The minimum atomic E-state index is -0.762. The van der Waals surface area contributed by atoms with E-state index in [0.717, 1.165) is 6.42 Å². The molecule has 1 saturated carbocycles. The lowest BCUT2D eigenvalue weighted by Crippen LogP contribution is -2.55. The number of hydrogen-bond donors (Lipinski definition) is 2. The van der Waals surface area contributed by atoms with Crippen LogP contribution < -0.4 is 11.1 Å². The van der Waals surface area contributed by atoms with Gasteiger partial charge in [-0.3, -0.25) is 4.79 Å². The SMILES string of the molecule is CC1CC1NC(=O)C1(N)CCOC1. The van der Waals surface area contributed by atoms with Crippen molar-refractivity contribution in [3.05, 3.63) is 0 Å². The number of carbonyl (C=O) groups excluding carboxylic acids is 1. The summed E-state index contributed by atoms with van der Waals surface area (Å²) in [7, 11) is 0. The number of rotatable bonds is 2. The van der Waals surface area contributed by atoms with Crippen molar-refractivity contribution < 1.29 is 9.53 Å². The predicted octanol–water partition coefficient (Wildman–Crippen LogP) is -0.371. The summed E-state index contributed by atoms with van der Waals surface area (Å²) in [5.74, 6) is 0.578. The van der Waals surface area contributed by atoms with Gasteiger partial charge in [0.2, 0.25) is 5.91 Å². The van der Waals surface area contributed by atoms with Gasteiger partial charge < -0.3 is 15.8 Å². The summed E-state index contributed by atoms with van der Waals surface area (Å²) >= 11 is 0. The molecule has 1 heterocycles. The van der Waals surface area contributed by atoms with Crippen LogP contribution in [0.25, 0.3) is 0 Å². The molecule has 2 fully saturated rings. The zero-order chi connectivity index (χ0) is 9.47. The lowest BCUT2D eigenvalue weighted by molar-refractivity contribution is -0.126. The monoisotopic (exact) mass is 184 g/mol. The van der Waals surface area contributed by atoms with Gasteiger partial charge in [-0.2, -0.15) is 0 Å². The first-order valence-electron chi connectivity index (χ1n) is 4.79. The van der Waals surface area contributed by atoms with Gasteiger partial charge in [0.05, 0.1) is 6.61 Å². The van der Waals surface area contributed by atoms with E-state index >= 15 is 0 Å². The van der Waals surface area contributed by atoms with Gasteiger partial charge in [-0.1, -0.05) is 6.92 Å². The Morgan fingerprint density at radius 1 is 1.69 bits per heavy atom. The van der Waals surface area contributed by atoms with Crippen LogP contribution in [0.1, 0.15) is 19.8 Å². The van der Waals surface area contributed by atoms with E-state index in [1.165, 1.54) is 0 Å². The van der Waals surface area contributed by atoms with E-state index < -0.39 is 5.54 Å². The highest BCUT2D eigenvalue weighted by Gasteiger charge is 2.42. The summed E-state index contributed by atoms with van der Waals surface area (Å²) in [6, 6.07) is 0.355. The number of ether oxygens (including phenoxy) is 1. The van der Waals surface area contributed by atoms with E-state index in [0.29, 0.717) is 31.6 Å². The third-order valence-electron chi connectivity index (χ3n) is 2.93. The Morgan fingerprint density at radius 2 is 2.38 bits per heavy atom. The maximum Gasteiger partial charge on any atom is 0.242 e. The Balaban J connectivity index is 1.88. The molecule has 2 aliphatic rings. The molecule has 74 valence electrons. The van der Waals surface area contributed by atoms with E-state index in [1.807, 2.05) is 0 Å². The van der Waals surface area contributed by atoms with E-state index in [9.17, 15) is 4.79 Å². The maximum atomic E-state index is 11.6. The van der Waals surface area contributed by atoms with Gasteiger partial charge in [0, 0.05) is 12.6 Å². The summed E-state index contributed by atoms with van der Waals surface area (Å²) < 4.78 is 5.12. The van der Waals surface area contributed by atoms with Crippen molar-refractivity contribution in [3.8, 4) is 0 Å². The van der Waals surface area contributed by atoms with Crippen LogP contribution in [-0.2, 0) is 9.53 Å². The molecule has 0 aromatic carbocycles. The molecule has 3 atom stereocenters. The van der Waals surface area contributed by atoms with Crippen molar-refractivity contribution >= 4 is 5.91 Å². The Morgan fingerprint density at radius 3 is 2.85 bits per heavy atom. The molecule has 1 aliphatic carbocycles. The minimum Gasteiger partial charge on any atom is -0.379 e. The van der Waals surface area contributed by atoms with E-state index in [2.05, 4.69) is 12.2 Å². The largest absolute Gasteiger partial charge is 0.379 e. The third kappa shape index (κ3) is 1.69. The highest BCUT2D eigenvalue weighted by atomic mass is 16.5. The van der Waals surface area contributed by atoms with Crippen molar-refractivity contribution in [2.45, 2.75) is 31.3 Å². The van der Waals surface area contributed by atoms with Crippen LogP contribution >= 0.6 is 0 Å². The van der Waals surface area contributed by atoms with Crippen LogP contribution in [0, 0.1) is 5.92 Å². The number of amides is 1. The Kier molecular flexibility index (Phi) is 2.04. The van der Waals surface area contributed by atoms with Crippen LogP contribution in [0.5, 0.6) is 0 Å². The van der Waals surface area contributed by atoms with Gasteiger partial charge in [0.15, 0.2) is 0 Å². The molecule has 1 amide bonds. The predicted molar refractivity (Wildman–Crippen MR) is 48.1 cm³/mol. The fraction of sp³-hybridized carbons (Fsp3) is 0.889. The summed E-state index contributed by atoms with van der Waals surface area (Å²) in [5.41, 5.74) is 5.13. The molecule has 0 aromatic heterocycles. The second-order valence-corrected chi connectivity index (χ2v) is 4.25. The molecule has 0 radical (unpaired) electrons. The average molecular weight is 184 g/mol. The number of nitrogens with two attached hydrogens (primary N) is 1. The molecule has 3 N–H and O–H groups in total. The first-order chi connectivity index (χ1) is 6.12. The van der Waals surface area contributed by atoms with Gasteiger partial charge >= 0.3 is 0 Å². The lowest BCUT2D eigenvalue weighted by Gasteiger charge is -2.20. The molecular weight excluding hydrogens is 168 g/mol. The Labute approximate surface area is 77.8 Å². The van der Waals surface area contributed by atoms with Crippen molar-refractivity contribution in [3.63, 3.8) is 0 Å². The van der Waals surface area contributed by atoms with Crippen molar-refractivity contribution in [2.24, 2.45) is 11.7 Å². The highest BCUT2D eigenvalue weighted by molar-refractivity contribution is 5.87. The quantitative estimate of drug-likeness (QED) is 0.615. The van der Waals surface area contributed by atoms with Crippen LogP contribution in [-0.4, -0.2) is 30.7 Å². The molecule has 4 heteroatoms. The lowest BCUT2D eigenvalue weighted by atomic mass is 9.99. The fourth-order valence-electron chi connectivity index (χ4n) is 1.60. The summed E-state index contributed by atoms with van der Waals surface area (Å²) in [6.45, 7) is 3.09. The third-order valence-corrected chi connectivity index (χ3v) is 2.93. The van der Waals surface area contributed by atoms with E-state index in [-0.39, 0.29) is 5.91 Å². The zero-order valence-corrected chi connectivity index (χ0v) is 7.88. The van der Waals surface area contributed by atoms with Crippen molar-refractivity contribution in [1.29, 1.82) is 0 Å². The first-order valence-corrected chi connectivity index (χ1v) is 4.79. The smallest absolute Gasteiger partial charge is 0.242 e. The Bertz CT molecular complexity index is 224. The Hall–Kier alpha value is -0.610. The van der Waals surface area contributed by atoms with Crippen molar-refractivity contribution in [2.75, 3.05) is 13.2 Å². The number of nitrogens with one attached hydrogen (secondary N) is 1. The normalized spacial score (nSPS) is 43.2. The maximum absolute atomic E-state index is 11.6. The molecule has 0 bridgehead atoms. The van der Waals surface area contributed by atoms with Gasteiger partial charge in [-0.25, -0.2) is 0 Å². The zero-order valence-electron chi connectivity index (χ0n) is 7.88. The molecule has 1 aliphatic heterocycles. The first kappa shape index (κ1) is 8.97. The molecular formula is C9H16N2O2. The average Bonchev–Trinajstić information content (AvgIpc) is 2.62. The highest BCUT2D eigenvalue weighted by Crippen LogP contribution is 2.30. The summed E-state index contributed by atoms with van der Waals surface area (Å²) in [4.78, 5) is 11.6. The molecule has 2 rings (SSSR count). The molecule has 4 nitrogen and oxygen atoms in total. The molecule has 0 aromatic rings. The van der Waals surface area contributed by atoms with Gasteiger partial charge in [-0.15, -0.1) is 0 Å². The van der Waals surface area contributed by atoms with Crippen LogP contribution in [0.2, 0.25) is 0 Å². The topological polar surface area (TPSA) is 64.4 Å². The number of carbonyl (C=O) groups is 1. The second kappa shape index (κ2) is 2.96. The second-order valence-electron chi connectivity index (χ2n) is 4.25. The van der Waals surface area contributed by atoms with Crippen molar-refractivity contribution in [1.82, 2.24) is 5.32 Å². The molecule has 0 spiro atoms. The van der Waals surface area contributed by atoms with Gasteiger partial charge in [0.25, 0.3) is 0 Å². The van der Waals surface area contributed by atoms with Crippen LogP contribution in [0.3, 0.4) is 0 Å². The van der Waals surface area contributed by atoms with Gasteiger partial charge in [-0.05, 0) is 18.8 Å². The summed E-state index contributed by atoms with van der Waals surface area (Å²) in [6.07, 6.45) is 1.72. The fourth-order valence-corrected chi connectivity index (χ4v) is 1.60. The standard InChI is InChI=1S/C9H16N2O2/c1-6-4-7(6)11-8(12)9(10)2-3-13-5-9/h6-7H,2-5,10H2,1H3,(H,11,12). The van der Waals surface area contributed by atoms with Crippen LogP contribution in [0.15, 0.2) is 0 Å². The number of hydrogen-bond acceptors (Lipinski definition) is 3. The van der Waals surface area contributed by atoms with E-state index in [4.69, 9.17) is 10.5 Å². The molecule has 13 heavy (non-hydrogen) atoms. The summed E-state index contributed by atoms with van der Waals surface area (Å²) in [5, 5.41) is 2.94. The van der Waals surface area contributed by atoms with Gasteiger partial charge in [0.1, 0.15) is 5.54 Å². The molecule has 1 saturated heterocycles. The van der Waals surface area contributed by atoms with E-state index in [1.54, 1.807) is 0 Å². The molecule has 3 unspecified atom stereocenters.